The van der Waals surface area contributed by atoms with E-state index < -0.39 is 11.8 Å². The molecule has 0 radical (unpaired) electrons. The fraction of sp³-hybridized carbons (Fsp3) is 0.577. The molecule has 3 fully saturated rings. The van der Waals surface area contributed by atoms with Gasteiger partial charge in [-0.3, -0.25) is 15.8 Å². The van der Waals surface area contributed by atoms with E-state index in [1.807, 2.05) is 0 Å². The number of nitrogens with one attached hydrogen (secondary N) is 1. The molecule has 8 nitrogen and oxygen atoms in total. The van der Waals surface area contributed by atoms with Gasteiger partial charge in [-0.1, -0.05) is 17.9 Å². The molecule has 0 bridgehead atoms. The lowest BCUT2D eigenvalue weighted by Crippen LogP contribution is -2.57. The molecule has 1 saturated heterocycles. The van der Waals surface area contributed by atoms with Gasteiger partial charge in [0.2, 0.25) is 11.8 Å². The van der Waals surface area contributed by atoms with Crippen molar-refractivity contribution in [2.75, 3.05) is 7.11 Å². The van der Waals surface area contributed by atoms with Gasteiger partial charge >= 0.3 is 0 Å². The molecule has 2 heterocycles. The van der Waals surface area contributed by atoms with E-state index >= 15 is 0 Å². The monoisotopic (exact) mass is 461 g/mol. The van der Waals surface area contributed by atoms with Crippen LogP contribution in [0.1, 0.15) is 67.0 Å². The van der Waals surface area contributed by atoms with Crippen LogP contribution in [0.15, 0.2) is 22.6 Å². The number of ether oxygens (including phenoxy) is 1. The number of hydrogen-bond donors (Lipinski definition) is 2. The van der Waals surface area contributed by atoms with E-state index in [1.54, 1.807) is 18.9 Å². The van der Waals surface area contributed by atoms with Gasteiger partial charge in [0.15, 0.2) is 0 Å². The largest absolute Gasteiger partial charge is 0.424 e. The molecule has 4 aliphatic rings. The minimum atomic E-state index is -0.896. The first-order valence-electron chi connectivity index (χ1n) is 12.3. The Morgan fingerprint density at radius 1 is 1.26 bits per heavy atom. The van der Waals surface area contributed by atoms with Crippen LogP contribution in [0, 0.1) is 30.1 Å². The third-order valence-electron chi connectivity index (χ3n) is 8.21. The summed E-state index contributed by atoms with van der Waals surface area (Å²) in [6.07, 6.45) is 6.42. The van der Waals surface area contributed by atoms with Crippen molar-refractivity contribution in [2.24, 2.45) is 17.1 Å². The van der Waals surface area contributed by atoms with Gasteiger partial charge in [0.05, 0.1) is 6.10 Å². The molecule has 2 saturated carbocycles. The van der Waals surface area contributed by atoms with Crippen LogP contribution in [-0.2, 0) is 28.0 Å². The first-order valence-corrected chi connectivity index (χ1v) is 12.3. The van der Waals surface area contributed by atoms with Crippen molar-refractivity contribution in [1.29, 1.82) is 0 Å². The molecule has 34 heavy (non-hydrogen) atoms. The Kier molecular flexibility index (Phi) is 5.07. The Hall–Kier alpha value is -2.73. The van der Waals surface area contributed by atoms with Crippen molar-refractivity contribution < 1.29 is 13.9 Å². The van der Waals surface area contributed by atoms with Crippen LogP contribution in [0.25, 0.3) is 0 Å². The Balaban J connectivity index is 1.42. The van der Waals surface area contributed by atoms with Crippen LogP contribution in [0.2, 0.25) is 0 Å². The second kappa shape index (κ2) is 7.91. The number of nitrogens with two attached hydrogens (primary N) is 1. The molecule has 6 rings (SSSR count). The van der Waals surface area contributed by atoms with Crippen LogP contribution in [0.3, 0.4) is 0 Å². The molecular weight excluding hydrogens is 430 g/mol. The van der Waals surface area contributed by atoms with E-state index in [9.17, 15) is 4.79 Å². The smallest absolute Gasteiger partial charge is 0.250 e. The summed E-state index contributed by atoms with van der Waals surface area (Å²) in [5.74, 6) is 8.06. The number of aryl methyl sites for hydroxylation is 1. The molecule has 2 unspecified atom stereocenters. The summed E-state index contributed by atoms with van der Waals surface area (Å²) in [6.45, 7) is 1.92. The van der Waals surface area contributed by atoms with Crippen LogP contribution < -0.4 is 11.1 Å². The van der Waals surface area contributed by atoms with Crippen molar-refractivity contribution in [3.63, 3.8) is 0 Å². The van der Waals surface area contributed by atoms with Crippen molar-refractivity contribution in [3.05, 3.63) is 46.7 Å². The van der Waals surface area contributed by atoms with Gasteiger partial charge < -0.3 is 14.1 Å². The summed E-state index contributed by atoms with van der Waals surface area (Å²) in [5.41, 5.74) is 8.61. The molecule has 2 spiro atoms. The number of amides is 1. The summed E-state index contributed by atoms with van der Waals surface area (Å²) >= 11 is 0. The topological polar surface area (TPSA) is 107 Å². The predicted octanol–water partition coefficient (Wildman–Crippen LogP) is 2.34. The third-order valence-corrected chi connectivity index (χ3v) is 8.21. The van der Waals surface area contributed by atoms with E-state index in [0.29, 0.717) is 17.7 Å². The lowest BCUT2D eigenvalue weighted by atomic mass is 9.61. The quantitative estimate of drug-likeness (QED) is 0.676. The molecule has 2 atom stereocenters. The van der Waals surface area contributed by atoms with Crippen LogP contribution in [-0.4, -0.2) is 40.5 Å². The number of hydrogen-bond acceptors (Lipinski definition) is 7. The van der Waals surface area contributed by atoms with Crippen LogP contribution >= 0.6 is 0 Å². The summed E-state index contributed by atoms with van der Waals surface area (Å²) in [6, 6.07) is 6.38. The van der Waals surface area contributed by atoms with Crippen molar-refractivity contribution in [3.8, 4) is 11.8 Å². The van der Waals surface area contributed by atoms with E-state index in [1.165, 1.54) is 18.4 Å². The maximum Gasteiger partial charge on any atom is 0.250 e. The summed E-state index contributed by atoms with van der Waals surface area (Å²) in [4.78, 5) is 16.0. The second-order valence-electron chi connectivity index (χ2n) is 10.3. The summed E-state index contributed by atoms with van der Waals surface area (Å²) < 4.78 is 11.2. The standard InChI is InChI=1S/C26H31N5O3/c1-16-29-30-22(34-16)15-31-23(32)26(28-24(31)27)21-13-18(6-5-17-3-4-17)7-8-19(21)14-25(26)11-9-20(33-2)10-12-25/h7-8,13,17,20,24,28H,3-4,9-12,14-15,27H2,1-2H3. The van der Waals surface area contributed by atoms with Gasteiger partial charge in [-0.05, 0) is 68.2 Å². The molecular formula is C26H31N5O3. The number of carbonyl (C=O) groups is 1. The third kappa shape index (κ3) is 3.29. The van der Waals surface area contributed by atoms with E-state index in [2.05, 4.69) is 45.6 Å². The molecule has 178 valence electrons. The van der Waals surface area contributed by atoms with Gasteiger partial charge in [-0.25, -0.2) is 0 Å². The highest BCUT2D eigenvalue weighted by molar-refractivity contribution is 5.93. The first kappa shape index (κ1) is 21.8. The van der Waals surface area contributed by atoms with Crippen LogP contribution in [0.4, 0.5) is 0 Å². The van der Waals surface area contributed by atoms with Gasteiger partial charge in [0.1, 0.15) is 18.4 Å². The first-order chi connectivity index (χ1) is 16.4. The predicted molar refractivity (Wildman–Crippen MR) is 124 cm³/mol. The lowest BCUT2D eigenvalue weighted by Gasteiger charge is -2.46. The summed E-state index contributed by atoms with van der Waals surface area (Å²) in [5, 5.41) is 11.6. The fourth-order valence-electron chi connectivity index (χ4n) is 6.28. The summed E-state index contributed by atoms with van der Waals surface area (Å²) in [7, 11) is 1.77. The number of nitrogens with zero attached hydrogens (tertiary/aromatic N) is 3. The average Bonchev–Trinajstić information content (AvgIpc) is 3.46. The van der Waals surface area contributed by atoms with E-state index in [0.717, 1.165) is 43.2 Å². The zero-order chi connectivity index (χ0) is 23.5. The van der Waals surface area contributed by atoms with Gasteiger partial charge in [0, 0.05) is 30.9 Å². The average molecular weight is 462 g/mol. The highest BCUT2D eigenvalue weighted by atomic mass is 16.5. The lowest BCUT2D eigenvalue weighted by molar-refractivity contribution is -0.140. The van der Waals surface area contributed by atoms with E-state index in [-0.39, 0.29) is 24.0 Å². The molecule has 8 heteroatoms. The Labute approximate surface area is 199 Å². The van der Waals surface area contributed by atoms with Crippen molar-refractivity contribution in [2.45, 2.75) is 76.3 Å². The number of methoxy groups -OCH3 is 1. The maximum absolute atomic E-state index is 14.4. The number of fused-ring (bicyclic) bond motifs is 3. The number of carbonyl (C=O) groups excluding carboxylic acids is 1. The van der Waals surface area contributed by atoms with Crippen molar-refractivity contribution in [1.82, 2.24) is 20.4 Å². The number of rotatable bonds is 3. The molecule has 2 aromatic rings. The Morgan fingerprint density at radius 3 is 2.74 bits per heavy atom. The Morgan fingerprint density at radius 2 is 2.06 bits per heavy atom. The van der Waals surface area contributed by atoms with Gasteiger partial charge in [-0.15, -0.1) is 10.2 Å². The molecule has 3 aliphatic carbocycles. The molecule has 3 N–H and O–H groups in total. The molecule has 1 aromatic carbocycles. The maximum atomic E-state index is 14.4. The second-order valence-corrected chi connectivity index (χ2v) is 10.3. The minimum Gasteiger partial charge on any atom is -0.424 e. The highest BCUT2D eigenvalue weighted by Crippen LogP contribution is 2.60. The molecule has 1 amide bonds. The zero-order valence-corrected chi connectivity index (χ0v) is 19.8. The molecule has 1 aliphatic heterocycles. The number of aromatic nitrogens is 2. The van der Waals surface area contributed by atoms with Crippen molar-refractivity contribution >= 4 is 5.91 Å². The molecule has 1 aromatic heterocycles. The van der Waals surface area contributed by atoms with E-state index in [4.69, 9.17) is 14.9 Å². The SMILES string of the molecule is COC1CCC2(CC1)Cc1ccc(C#CC3CC3)cc1C21NC(N)N(Cc2nnc(C)o2)C1=O. The zero-order valence-electron chi connectivity index (χ0n) is 19.8. The van der Waals surface area contributed by atoms with Gasteiger partial charge in [-0.2, -0.15) is 0 Å². The normalized spacial score (nSPS) is 32.3. The van der Waals surface area contributed by atoms with Gasteiger partial charge in [0.25, 0.3) is 5.91 Å². The minimum absolute atomic E-state index is 0.0160. The fourth-order valence-corrected chi connectivity index (χ4v) is 6.28. The van der Waals surface area contributed by atoms with Crippen LogP contribution in [0.5, 0.6) is 0 Å². The highest BCUT2D eigenvalue weighted by Gasteiger charge is 2.67. The Bertz CT molecular complexity index is 1180. The number of benzene rings is 1.